The Morgan fingerprint density at radius 3 is 2.25 bits per heavy atom. The van der Waals surface area contributed by atoms with E-state index in [4.69, 9.17) is 0 Å². The fraction of sp³-hybridized carbons (Fsp3) is 0.909. The number of carbonyl (C=O) groups is 1. The minimum absolute atomic E-state index is 0.140. The van der Waals surface area contributed by atoms with Gasteiger partial charge in [0.15, 0.2) is 0 Å². The Morgan fingerprint density at radius 1 is 1.25 bits per heavy atom. The van der Waals surface area contributed by atoms with Gasteiger partial charge in [0.1, 0.15) is 5.78 Å². The molecule has 0 amide bonds. The van der Waals surface area contributed by atoms with Crippen LogP contribution in [-0.2, 0) is 4.79 Å². The number of fused-ring (bicyclic) bond motifs is 2. The van der Waals surface area contributed by atoms with Crippen LogP contribution in [0.15, 0.2) is 0 Å². The molecule has 2 bridgehead atoms. The van der Waals surface area contributed by atoms with Crippen LogP contribution in [-0.4, -0.2) is 5.78 Å². The lowest BCUT2D eigenvalue weighted by molar-refractivity contribution is -0.131. The molecular formula is C11H18O. The summed E-state index contributed by atoms with van der Waals surface area (Å²) in [6.45, 7) is 1.80. The van der Waals surface area contributed by atoms with Crippen molar-refractivity contribution >= 4 is 5.78 Å². The smallest absolute Gasteiger partial charge is 0.135 e. The second-order valence-corrected chi connectivity index (χ2v) is 4.69. The quantitative estimate of drug-likeness (QED) is 0.585. The Hall–Kier alpha value is -0.330. The summed E-state index contributed by atoms with van der Waals surface area (Å²) in [5.41, 5.74) is 0.140. The van der Waals surface area contributed by atoms with Gasteiger partial charge in [0, 0.05) is 5.41 Å². The van der Waals surface area contributed by atoms with Gasteiger partial charge in [-0.25, -0.2) is 0 Å². The number of hydrogen-bond donors (Lipinski definition) is 0. The van der Waals surface area contributed by atoms with Crippen molar-refractivity contribution in [3.05, 3.63) is 0 Å². The molecule has 1 nitrogen and oxygen atoms in total. The summed E-state index contributed by atoms with van der Waals surface area (Å²) in [5.74, 6) is 1.35. The van der Waals surface area contributed by atoms with Crippen LogP contribution in [0.4, 0.5) is 0 Å². The van der Waals surface area contributed by atoms with Gasteiger partial charge in [0.2, 0.25) is 0 Å². The second kappa shape index (κ2) is 2.86. The molecule has 0 heterocycles. The third-order valence-corrected chi connectivity index (χ3v) is 3.96. The Bertz CT molecular complexity index is 185. The molecule has 2 aliphatic carbocycles. The van der Waals surface area contributed by atoms with Gasteiger partial charge >= 0.3 is 0 Å². The van der Waals surface area contributed by atoms with Crippen LogP contribution >= 0.6 is 0 Å². The summed E-state index contributed by atoms with van der Waals surface area (Å²) < 4.78 is 0. The van der Waals surface area contributed by atoms with Crippen LogP contribution in [0.2, 0.25) is 0 Å². The summed E-state index contributed by atoms with van der Waals surface area (Å²) in [7, 11) is 0. The first-order valence-electron chi connectivity index (χ1n) is 5.24. The highest BCUT2D eigenvalue weighted by Crippen LogP contribution is 2.49. The standard InChI is InChI=1S/C11H18O/c1-9(12)11-6-2-4-10(8-11)5-3-7-11/h10H,2-8H2,1H3. The molecule has 1 heteroatoms. The highest BCUT2D eigenvalue weighted by atomic mass is 16.1. The van der Waals surface area contributed by atoms with Crippen molar-refractivity contribution in [2.75, 3.05) is 0 Å². The van der Waals surface area contributed by atoms with Gasteiger partial charge in [0.05, 0.1) is 0 Å². The van der Waals surface area contributed by atoms with Crippen molar-refractivity contribution < 1.29 is 4.79 Å². The molecule has 0 atom stereocenters. The van der Waals surface area contributed by atoms with E-state index in [0.717, 1.165) is 5.92 Å². The zero-order valence-corrected chi connectivity index (χ0v) is 7.94. The van der Waals surface area contributed by atoms with E-state index in [0.29, 0.717) is 5.78 Å². The van der Waals surface area contributed by atoms with E-state index in [1.807, 2.05) is 0 Å². The summed E-state index contributed by atoms with van der Waals surface area (Å²) in [4.78, 5) is 11.5. The fourth-order valence-corrected chi connectivity index (χ4v) is 3.18. The maximum absolute atomic E-state index is 11.5. The Morgan fingerprint density at radius 2 is 1.83 bits per heavy atom. The van der Waals surface area contributed by atoms with Gasteiger partial charge in [-0.2, -0.15) is 0 Å². The largest absolute Gasteiger partial charge is 0.299 e. The minimum Gasteiger partial charge on any atom is -0.299 e. The van der Waals surface area contributed by atoms with E-state index in [2.05, 4.69) is 0 Å². The number of ketones is 1. The van der Waals surface area contributed by atoms with E-state index in [9.17, 15) is 4.79 Å². The Kier molecular flexibility index (Phi) is 1.97. The van der Waals surface area contributed by atoms with E-state index in [-0.39, 0.29) is 5.41 Å². The van der Waals surface area contributed by atoms with Crippen molar-refractivity contribution in [1.82, 2.24) is 0 Å². The highest BCUT2D eigenvalue weighted by Gasteiger charge is 2.42. The first-order chi connectivity index (χ1) is 5.73. The van der Waals surface area contributed by atoms with Crippen LogP contribution in [0, 0.1) is 11.3 Å². The molecule has 2 fully saturated rings. The highest BCUT2D eigenvalue weighted by molar-refractivity contribution is 5.82. The molecular weight excluding hydrogens is 148 g/mol. The average Bonchev–Trinajstić information content (AvgIpc) is 2.04. The zero-order chi connectivity index (χ0) is 8.60. The van der Waals surface area contributed by atoms with E-state index < -0.39 is 0 Å². The molecule has 0 saturated heterocycles. The maximum atomic E-state index is 11.5. The van der Waals surface area contributed by atoms with E-state index >= 15 is 0 Å². The lowest BCUT2D eigenvalue weighted by Crippen LogP contribution is -2.38. The van der Waals surface area contributed by atoms with Crippen molar-refractivity contribution in [1.29, 1.82) is 0 Å². The normalized spacial score (nSPS) is 40.9. The van der Waals surface area contributed by atoms with Crippen LogP contribution in [0.1, 0.15) is 51.9 Å². The third kappa shape index (κ3) is 1.19. The van der Waals surface area contributed by atoms with E-state index in [1.54, 1.807) is 6.92 Å². The first-order valence-corrected chi connectivity index (χ1v) is 5.24. The van der Waals surface area contributed by atoms with Crippen LogP contribution in [0.5, 0.6) is 0 Å². The van der Waals surface area contributed by atoms with Crippen LogP contribution in [0.3, 0.4) is 0 Å². The summed E-state index contributed by atoms with van der Waals surface area (Å²) in [5, 5.41) is 0. The van der Waals surface area contributed by atoms with Gasteiger partial charge in [-0.15, -0.1) is 0 Å². The molecule has 0 spiro atoms. The van der Waals surface area contributed by atoms with Gasteiger partial charge in [-0.1, -0.05) is 25.7 Å². The summed E-state index contributed by atoms with van der Waals surface area (Å²) in [6.07, 6.45) is 8.93. The van der Waals surface area contributed by atoms with Crippen LogP contribution < -0.4 is 0 Å². The van der Waals surface area contributed by atoms with E-state index in [1.165, 1.54) is 44.9 Å². The van der Waals surface area contributed by atoms with Crippen molar-refractivity contribution in [2.45, 2.75) is 51.9 Å². The number of rotatable bonds is 1. The fourth-order valence-electron chi connectivity index (χ4n) is 3.18. The van der Waals surface area contributed by atoms with Crippen LogP contribution in [0.25, 0.3) is 0 Å². The molecule has 12 heavy (non-hydrogen) atoms. The SMILES string of the molecule is CC(=O)C12CCCC(CCC1)C2. The van der Waals surface area contributed by atoms with Crippen molar-refractivity contribution in [3.8, 4) is 0 Å². The predicted molar refractivity (Wildman–Crippen MR) is 48.9 cm³/mol. The average molecular weight is 166 g/mol. The topological polar surface area (TPSA) is 17.1 Å². The van der Waals surface area contributed by atoms with Gasteiger partial charge in [-0.05, 0) is 32.1 Å². The first kappa shape index (κ1) is 8.28. The summed E-state index contributed by atoms with van der Waals surface area (Å²) in [6, 6.07) is 0. The van der Waals surface area contributed by atoms with Gasteiger partial charge in [0.25, 0.3) is 0 Å². The van der Waals surface area contributed by atoms with Crippen molar-refractivity contribution in [3.63, 3.8) is 0 Å². The molecule has 0 aromatic rings. The number of carbonyl (C=O) groups excluding carboxylic acids is 1. The molecule has 68 valence electrons. The molecule has 2 rings (SSSR count). The molecule has 2 saturated carbocycles. The number of Topliss-reactive ketones (excluding diaryl/α,β-unsaturated/α-hetero) is 1. The zero-order valence-electron chi connectivity index (χ0n) is 7.94. The van der Waals surface area contributed by atoms with Gasteiger partial charge < -0.3 is 0 Å². The summed E-state index contributed by atoms with van der Waals surface area (Å²) >= 11 is 0. The Balaban J connectivity index is 2.17. The monoisotopic (exact) mass is 166 g/mol. The Labute approximate surface area is 74.5 Å². The second-order valence-electron chi connectivity index (χ2n) is 4.69. The lowest BCUT2D eigenvalue weighted by atomic mass is 9.60. The number of hydrogen-bond acceptors (Lipinski definition) is 1. The third-order valence-electron chi connectivity index (χ3n) is 3.96. The molecule has 0 aromatic heterocycles. The van der Waals surface area contributed by atoms with Gasteiger partial charge in [-0.3, -0.25) is 4.79 Å². The molecule has 0 aliphatic heterocycles. The maximum Gasteiger partial charge on any atom is 0.135 e. The predicted octanol–water partition coefficient (Wildman–Crippen LogP) is 2.94. The molecule has 2 aliphatic rings. The molecule has 0 aromatic carbocycles. The minimum atomic E-state index is 0.140. The molecule has 0 unspecified atom stereocenters. The molecule has 0 radical (unpaired) electrons. The van der Waals surface area contributed by atoms with Crippen molar-refractivity contribution in [2.24, 2.45) is 11.3 Å². The molecule has 0 N–H and O–H groups in total. The lowest BCUT2D eigenvalue weighted by Gasteiger charge is -2.43.